The lowest BCUT2D eigenvalue weighted by molar-refractivity contribution is 0.631. The molecule has 3 rings (SSSR count). The van der Waals surface area contributed by atoms with Crippen LogP contribution in [-0.4, -0.2) is 4.98 Å². The van der Waals surface area contributed by atoms with Gasteiger partial charge in [0, 0.05) is 22.4 Å². The van der Waals surface area contributed by atoms with Crippen molar-refractivity contribution in [3.8, 4) is 28.3 Å². The zero-order valence-electron chi connectivity index (χ0n) is 12.5. The molecule has 0 aliphatic heterocycles. The molecular weight excluding hydrogens is 289 g/mol. The molecule has 1 heterocycles. The largest absolute Gasteiger partial charge is 0.383 e. The highest BCUT2D eigenvalue weighted by Gasteiger charge is 2.21. The number of rotatable bonds is 2. The highest BCUT2D eigenvalue weighted by Crippen LogP contribution is 2.39. The van der Waals surface area contributed by atoms with Crippen LogP contribution in [0.25, 0.3) is 22.3 Å². The molecule has 112 valence electrons. The van der Waals surface area contributed by atoms with Gasteiger partial charge in [0.05, 0.1) is 0 Å². The minimum Gasteiger partial charge on any atom is -0.383 e. The van der Waals surface area contributed by atoms with E-state index < -0.39 is 5.82 Å². The minimum absolute atomic E-state index is 0.114. The molecule has 3 aromatic rings. The second kappa shape index (κ2) is 5.90. The Morgan fingerprint density at radius 3 is 2.30 bits per heavy atom. The Hall–Kier alpha value is -3.19. The van der Waals surface area contributed by atoms with Crippen molar-refractivity contribution >= 4 is 5.82 Å². The molecule has 3 nitrogen and oxygen atoms in total. The van der Waals surface area contributed by atoms with Crippen LogP contribution in [0, 0.1) is 24.1 Å². The van der Waals surface area contributed by atoms with Crippen molar-refractivity contribution in [2.75, 3.05) is 5.73 Å². The van der Waals surface area contributed by atoms with Crippen LogP contribution in [0.3, 0.4) is 0 Å². The van der Waals surface area contributed by atoms with Crippen molar-refractivity contribution < 1.29 is 4.39 Å². The Bertz CT molecular complexity index is 912. The average molecular weight is 303 g/mol. The summed E-state index contributed by atoms with van der Waals surface area (Å²) in [6.07, 6.45) is 0. The Morgan fingerprint density at radius 2 is 1.65 bits per heavy atom. The van der Waals surface area contributed by atoms with Crippen LogP contribution < -0.4 is 5.73 Å². The number of nitriles is 1. The number of nitrogens with zero attached hydrogens (tertiary/aromatic N) is 2. The third-order valence-corrected chi connectivity index (χ3v) is 3.72. The number of benzene rings is 2. The third-order valence-electron chi connectivity index (χ3n) is 3.72. The summed E-state index contributed by atoms with van der Waals surface area (Å²) in [5, 5.41) is 9.52. The molecule has 4 heteroatoms. The van der Waals surface area contributed by atoms with Crippen LogP contribution >= 0.6 is 0 Å². The van der Waals surface area contributed by atoms with E-state index in [0.29, 0.717) is 16.8 Å². The van der Waals surface area contributed by atoms with Crippen LogP contribution in [0.4, 0.5) is 10.2 Å². The van der Waals surface area contributed by atoms with E-state index in [1.807, 2.05) is 37.3 Å². The summed E-state index contributed by atoms with van der Waals surface area (Å²) in [5.41, 5.74) is 9.19. The van der Waals surface area contributed by atoms with E-state index in [1.54, 1.807) is 18.2 Å². The van der Waals surface area contributed by atoms with E-state index in [0.717, 1.165) is 11.1 Å². The summed E-state index contributed by atoms with van der Waals surface area (Å²) < 4.78 is 14.4. The number of hydrogen-bond donors (Lipinski definition) is 1. The first kappa shape index (κ1) is 14.7. The Morgan fingerprint density at radius 1 is 1.00 bits per heavy atom. The lowest BCUT2D eigenvalue weighted by Gasteiger charge is -2.16. The monoisotopic (exact) mass is 303 g/mol. The van der Waals surface area contributed by atoms with E-state index in [4.69, 9.17) is 5.73 Å². The smallest absolute Gasteiger partial charge is 0.142 e. The molecule has 0 atom stereocenters. The fraction of sp³-hybridized carbons (Fsp3) is 0.0526. The minimum atomic E-state index is -0.397. The fourth-order valence-electron chi connectivity index (χ4n) is 2.73. The van der Waals surface area contributed by atoms with Gasteiger partial charge in [-0.2, -0.15) is 5.26 Å². The summed E-state index contributed by atoms with van der Waals surface area (Å²) in [6.45, 7) is 1.81. The van der Waals surface area contributed by atoms with Crippen molar-refractivity contribution in [3.05, 3.63) is 71.7 Å². The molecule has 23 heavy (non-hydrogen) atoms. The standard InChI is InChI=1S/C19H14FN3/c1-12-17(13-7-3-2-4-8-13)18(15(11-21)19(22)23-12)14-9-5-6-10-16(14)20/h2-10H,1H3,(H2,22,23). The van der Waals surface area contributed by atoms with E-state index >= 15 is 0 Å². The van der Waals surface area contributed by atoms with Gasteiger partial charge in [0.15, 0.2) is 0 Å². The second-order valence-corrected chi connectivity index (χ2v) is 5.17. The molecule has 0 unspecified atom stereocenters. The van der Waals surface area contributed by atoms with Crippen molar-refractivity contribution in [1.82, 2.24) is 4.98 Å². The number of aryl methyl sites for hydroxylation is 1. The normalized spacial score (nSPS) is 10.3. The maximum Gasteiger partial charge on any atom is 0.142 e. The molecule has 0 spiro atoms. The fourth-order valence-corrected chi connectivity index (χ4v) is 2.73. The Balaban J connectivity index is 2.46. The van der Waals surface area contributed by atoms with Gasteiger partial charge in [-0.3, -0.25) is 0 Å². The third kappa shape index (κ3) is 2.53. The molecule has 2 N–H and O–H groups in total. The van der Waals surface area contributed by atoms with Gasteiger partial charge < -0.3 is 5.73 Å². The topological polar surface area (TPSA) is 62.7 Å². The highest BCUT2D eigenvalue weighted by atomic mass is 19.1. The maximum absolute atomic E-state index is 14.4. The molecular formula is C19H14FN3. The SMILES string of the molecule is Cc1nc(N)c(C#N)c(-c2ccccc2F)c1-c1ccccc1. The van der Waals surface area contributed by atoms with Crippen molar-refractivity contribution in [2.24, 2.45) is 0 Å². The van der Waals surface area contributed by atoms with E-state index in [9.17, 15) is 9.65 Å². The van der Waals surface area contributed by atoms with Crippen LogP contribution in [0.1, 0.15) is 11.3 Å². The molecule has 1 aromatic heterocycles. The molecule has 0 amide bonds. The number of hydrogen-bond acceptors (Lipinski definition) is 3. The van der Waals surface area contributed by atoms with Crippen LogP contribution in [0.5, 0.6) is 0 Å². The maximum atomic E-state index is 14.4. The molecule has 0 aliphatic rings. The molecule has 0 saturated heterocycles. The van der Waals surface area contributed by atoms with Gasteiger partial charge in [0.1, 0.15) is 23.3 Å². The van der Waals surface area contributed by atoms with Crippen LogP contribution in [0.2, 0.25) is 0 Å². The number of aromatic nitrogens is 1. The summed E-state index contributed by atoms with van der Waals surface area (Å²) in [5.74, 6) is -0.283. The van der Waals surface area contributed by atoms with Crippen molar-refractivity contribution in [2.45, 2.75) is 6.92 Å². The summed E-state index contributed by atoms with van der Waals surface area (Å²) >= 11 is 0. The quantitative estimate of drug-likeness (QED) is 0.767. The number of halogens is 1. The van der Waals surface area contributed by atoms with Gasteiger partial charge in [-0.05, 0) is 18.6 Å². The zero-order valence-corrected chi connectivity index (χ0v) is 12.5. The lowest BCUT2D eigenvalue weighted by Crippen LogP contribution is -2.04. The predicted molar refractivity (Wildman–Crippen MR) is 88.9 cm³/mol. The van der Waals surface area contributed by atoms with Gasteiger partial charge in [0.25, 0.3) is 0 Å². The van der Waals surface area contributed by atoms with Gasteiger partial charge in [-0.15, -0.1) is 0 Å². The molecule has 0 bridgehead atoms. The molecule has 0 saturated carbocycles. The van der Waals surface area contributed by atoms with Gasteiger partial charge in [-0.1, -0.05) is 48.5 Å². The molecule has 0 radical (unpaired) electrons. The molecule has 2 aromatic carbocycles. The summed E-state index contributed by atoms with van der Waals surface area (Å²) in [4.78, 5) is 4.27. The van der Waals surface area contributed by atoms with Gasteiger partial charge in [-0.25, -0.2) is 9.37 Å². The number of pyridine rings is 1. The lowest BCUT2D eigenvalue weighted by atomic mass is 9.90. The van der Waals surface area contributed by atoms with Crippen LogP contribution in [0.15, 0.2) is 54.6 Å². The van der Waals surface area contributed by atoms with Gasteiger partial charge in [0.2, 0.25) is 0 Å². The first-order chi connectivity index (χ1) is 11.1. The molecule has 0 aliphatic carbocycles. The van der Waals surface area contributed by atoms with Crippen LogP contribution in [-0.2, 0) is 0 Å². The van der Waals surface area contributed by atoms with Crippen molar-refractivity contribution in [1.29, 1.82) is 5.26 Å². The summed E-state index contributed by atoms with van der Waals surface area (Å²) in [6, 6.07) is 17.9. The first-order valence-electron chi connectivity index (χ1n) is 7.14. The number of nitrogen functional groups attached to an aromatic ring is 1. The number of anilines is 1. The first-order valence-corrected chi connectivity index (χ1v) is 7.14. The highest BCUT2D eigenvalue weighted by molar-refractivity contribution is 5.91. The van der Waals surface area contributed by atoms with E-state index in [-0.39, 0.29) is 11.4 Å². The summed E-state index contributed by atoms with van der Waals surface area (Å²) in [7, 11) is 0. The number of nitrogens with two attached hydrogens (primary N) is 1. The van der Waals surface area contributed by atoms with E-state index in [1.165, 1.54) is 6.07 Å². The van der Waals surface area contributed by atoms with E-state index in [2.05, 4.69) is 11.1 Å². The zero-order chi connectivity index (χ0) is 16.4. The Labute approximate surface area is 133 Å². The predicted octanol–water partition coefficient (Wildman–Crippen LogP) is 4.32. The van der Waals surface area contributed by atoms with Crippen molar-refractivity contribution in [3.63, 3.8) is 0 Å². The second-order valence-electron chi connectivity index (χ2n) is 5.17. The Kier molecular flexibility index (Phi) is 3.78. The van der Waals surface area contributed by atoms with Gasteiger partial charge >= 0.3 is 0 Å². The molecule has 0 fully saturated rings. The average Bonchev–Trinajstić information content (AvgIpc) is 2.55.